The molecule has 0 bridgehead atoms. The second kappa shape index (κ2) is 11.9. The Morgan fingerprint density at radius 3 is 2.45 bits per heavy atom. The SMILES string of the molecule is CC(C)(C)C(NC(=O)C(NC(=O)c1cnccn1)C1CCCC1)C(=O)[NH+]1CC2CC3CC34CC(C(O)C(=O)NC3CC3)NC(=O)C1C24. The number of aliphatic hydroxyl groups excluding tert-OH is 1. The molecular formula is C34H48N7O6+. The lowest BCUT2D eigenvalue weighted by molar-refractivity contribution is -0.829. The zero-order chi connectivity index (χ0) is 33.2. The molecule has 10 atom stereocenters. The number of hydrogen-bond acceptors (Lipinski definition) is 8. The van der Waals surface area contributed by atoms with Gasteiger partial charge in [0.05, 0.1) is 18.8 Å². The maximum atomic E-state index is 14.6. The van der Waals surface area contributed by atoms with Crippen molar-refractivity contribution in [2.24, 2.45) is 34.5 Å². The van der Waals surface area contributed by atoms with E-state index >= 15 is 0 Å². The van der Waals surface area contributed by atoms with E-state index in [0.717, 1.165) is 51.4 Å². The molecule has 5 amide bonds. The molecule has 4 saturated carbocycles. The van der Waals surface area contributed by atoms with Crippen LogP contribution >= 0.6 is 0 Å². The Hall–Kier alpha value is -3.45. The summed E-state index contributed by atoms with van der Waals surface area (Å²) in [5.41, 5.74) is -0.756. The molecule has 47 heavy (non-hydrogen) atoms. The van der Waals surface area contributed by atoms with Gasteiger partial charge in [-0.25, -0.2) is 9.78 Å². The molecule has 10 unspecified atom stereocenters. The molecule has 0 aromatic carbocycles. The van der Waals surface area contributed by atoms with Crippen LogP contribution in [-0.4, -0.2) is 87.5 Å². The van der Waals surface area contributed by atoms with Crippen molar-refractivity contribution in [3.05, 3.63) is 24.3 Å². The van der Waals surface area contributed by atoms with E-state index in [-0.39, 0.29) is 46.7 Å². The minimum Gasteiger partial charge on any atom is -0.381 e. The number of hydrogen-bond donors (Lipinski definition) is 6. The number of amides is 5. The molecule has 1 aromatic heterocycles. The third kappa shape index (κ3) is 5.94. The molecule has 2 saturated heterocycles. The molecule has 1 aromatic rings. The van der Waals surface area contributed by atoms with Crippen LogP contribution in [-0.2, 0) is 19.2 Å². The fraction of sp³-hybridized carbons (Fsp3) is 0.735. The molecule has 4 aliphatic carbocycles. The summed E-state index contributed by atoms with van der Waals surface area (Å²) in [5, 5.41) is 22.8. The average molecular weight is 651 g/mol. The Labute approximate surface area is 274 Å². The second-order valence-electron chi connectivity index (χ2n) is 16.2. The second-order valence-corrected chi connectivity index (χ2v) is 16.2. The number of aliphatic hydroxyl groups is 1. The van der Waals surface area contributed by atoms with Crippen LogP contribution in [0, 0.1) is 34.5 Å². The van der Waals surface area contributed by atoms with Crippen molar-refractivity contribution in [3.8, 4) is 0 Å². The van der Waals surface area contributed by atoms with Crippen molar-refractivity contribution in [2.75, 3.05) is 6.54 Å². The third-order valence-electron chi connectivity index (χ3n) is 12.0. The molecule has 13 heteroatoms. The van der Waals surface area contributed by atoms with Gasteiger partial charge in [-0.15, -0.1) is 0 Å². The lowest BCUT2D eigenvalue weighted by atomic mass is 9.78. The van der Waals surface area contributed by atoms with Crippen LogP contribution in [0.5, 0.6) is 0 Å². The van der Waals surface area contributed by atoms with E-state index < -0.39 is 53.4 Å². The maximum absolute atomic E-state index is 14.6. The van der Waals surface area contributed by atoms with E-state index in [1.54, 1.807) is 0 Å². The van der Waals surface area contributed by atoms with Crippen molar-refractivity contribution in [3.63, 3.8) is 0 Å². The molecule has 3 heterocycles. The molecule has 0 radical (unpaired) electrons. The Morgan fingerprint density at radius 1 is 1.04 bits per heavy atom. The van der Waals surface area contributed by atoms with Gasteiger partial charge in [0.15, 0.2) is 12.1 Å². The predicted molar refractivity (Wildman–Crippen MR) is 167 cm³/mol. The Kier molecular flexibility index (Phi) is 8.13. The summed E-state index contributed by atoms with van der Waals surface area (Å²) in [6, 6.07) is -3.05. The summed E-state index contributed by atoms with van der Waals surface area (Å²) in [6.07, 6.45) is 10.5. The van der Waals surface area contributed by atoms with Crippen molar-refractivity contribution in [2.45, 2.75) is 115 Å². The first-order chi connectivity index (χ1) is 22.4. The van der Waals surface area contributed by atoms with Gasteiger partial charge in [-0.2, -0.15) is 0 Å². The molecule has 7 rings (SSSR count). The minimum atomic E-state index is -1.35. The van der Waals surface area contributed by atoms with Gasteiger partial charge in [-0.05, 0) is 67.6 Å². The van der Waals surface area contributed by atoms with Crippen molar-refractivity contribution < 1.29 is 34.0 Å². The normalized spacial score (nSPS) is 34.6. The van der Waals surface area contributed by atoms with E-state index in [4.69, 9.17) is 0 Å². The number of carbonyl (C=O) groups is 5. The average Bonchev–Trinajstić information content (AvgIpc) is 3.81. The first-order valence-electron chi connectivity index (χ1n) is 17.4. The molecule has 2 aliphatic heterocycles. The number of rotatable bonds is 9. The van der Waals surface area contributed by atoms with Gasteiger partial charge >= 0.3 is 5.91 Å². The van der Waals surface area contributed by atoms with Crippen molar-refractivity contribution >= 4 is 29.5 Å². The molecule has 1 spiro atoms. The van der Waals surface area contributed by atoms with E-state index in [1.807, 2.05) is 20.8 Å². The van der Waals surface area contributed by atoms with Gasteiger partial charge in [-0.3, -0.25) is 29.1 Å². The fourth-order valence-corrected chi connectivity index (χ4v) is 9.54. The van der Waals surface area contributed by atoms with Gasteiger partial charge < -0.3 is 26.4 Å². The lowest BCUT2D eigenvalue weighted by Crippen LogP contribution is -3.19. The quantitative estimate of drug-likeness (QED) is 0.202. The number of aromatic nitrogens is 2. The molecule has 13 nitrogen and oxygen atoms in total. The predicted octanol–water partition coefficient (Wildman–Crippen LogP) is -0.740. The highest BCUT2D eigenvalue weighted by Crippen LogP contribution is 2.72. The fourth-order valence-electron chi connectivity index (χ4n) is 9.54. The zero-order valence-corrected chi connectivity index (χ0v) is 27.5. The number of nitrogens with one attached hydrogen (secondary N) is 5. The molecule has 254 valence electrons. The first kappa shape index (κ1) is 32.1. The molecule has 6 aliphatic rings. The maximum Gasteiger partial charge on any atom is 0.335 e. The van der Waals surface area contributed by atoms with Gasteiger partial charge in [-0.1, -0.05) is 33.6 Å². The smallest absolute Gasteiger partial charge is 0.335 e. The van der Waals surface area contributed by atoms with Crippen molar-refractivity contribution in [1.29, 1.82) is 0 Å². The van der Waals surface area contributed by atoms with E-state index in [1.165, 1.54) is 18.6 Å². The number of quaternary nitrogens is 1. The molecular weight excluding hydrogens is 602 g/mol. The van der Waals surface area contributed by atoms with Crippen molar-refractivity contribution in [1.82, 2.24) is 31.2 Å². The van der Waals surface area contributed by atoms with E-state index in [2.05, 4.69) is 31.2 Å². The Bertz CT molecular complexity index is 1440. The van der Waals surface area contributed by atoms with Crippen LogP contribution in [0.1, 0.15) is 89.0 Å². The van der Waals surface area contributed by atoms with Gasteiger partial charge in [0.1, 0.15) is 17.8 Å². The van der Waals surface area contributed by atoms with Crippen LogP contribution in [0.25, 0.3) is 0 Å². The summed E-state index contributed by atoms with van der Waals surface area (Å²) in [4.78, 5) is 77.2. The standard InChI is InChI=1S/C34H47N7O6/c1-33(2,3)27(40-29(44)24(17-6-4-5-7-17)39-28(43)22-15-35-10-11-36-22)32(47)41-16-18-12-19-13-34(19)14-21(38-30(45)25(41)23(18)34)26(42)31(46)37-20-8-9-20/h10-11,15,17-21,23-27,42H,4-9,12-14,16H2,1-3H3,(H,37,46)(H,38,45)(H,39,43)(H,40,44)/p+1. The Balaban J connectivity index is 1.11. The van der Waals surface area contributed by atoms with Crippen LogP contribution < -0.4 is 26.2 Å². The topological polar surface area (TPSA) is 184 Å². The van der Waals surface area contributed by atoms with Crippen LogP contribution in [0.15, 0.2) is 18.6 Å². The van der Waals surface area contributed by atoms with Gasteiger partial charge in [0.25, 0.3) is 17.7 Å². The first-order valence-corrected chi connectivity index (χ1v) is 17.4. The monoisotopic (exact) mass is 650 g/mol. The highest BCUT2D eigenvalue weighted by atomic mass is 16.3. The van der Waals surface area contributed by atoms with E-state index in [9.17, 15) is 29.1 Å². The van der Waals surface area contributed by atoms with Crippen LogP contribution in [0.2, 0.25) is 0 Å². The number of likely N-dealkylation sites (tertiary alicyclic amines) is 1. The summed E-state index contributed by atoms with van der Waals surface area (Å²) < 4.78 is 0. The minimum absolute atomic E-state index is 0.0241. The Morgan fingerprint density at radius 2 is 1.79 bits per heavy atom. The van der Waals surface area contributed by atoms with Crippen LogP contribution in [0.3, 0.4) is 0 Å². The lowest BCUT2D eigenvalue weighted by Gasteiger charge is -2.34. The van der Waals surface area contributed by atoms with Crippen LogP contribution in [0.4, 0.5) is 0 Å². The van der Waals surface area contributed by atoms with Gasteiger partial charge in [0.2, 0.25) is 5.91 Å². The largest absolute Gasteiger partial charge is 0.381 e. The van der Waals surface area contributed by atoms with Gasteiger partial charge in [0, 0.05) is 30.3 Å². The summed E-state index contributed by atoms with van der Waals surface area (Å²) in [7, 11) is 0. The number of carbonyl (C=O) groups excluding carboxylic acids is 5. The summed E-state index contributed by atoms with van der Waals surface area (Å²) >= 11 is 0. The molecule has 6 N–H and O–H groups in total. The van der Waals surface area contributed by atoms with E-state index in [0.29, 0.717) is 23.8 Å². The number of nitrogens with zero attached hydrogens (tertiary/aromatic N) is 2. The summed E-state index contributed by atoms with van der Waals surface area (Å²) in [5.74, 6) is -1.43. The highest BCUT2D eigenvalue weighted by molar-refractivity contribution is 5.97. The molecule has 6 fully saturated rings. The zero-order valence-electron chi connectivity index (χ0n) is 27.5. The third-order valence-corrected chi connectivity index (χ3v) is 12.0. The highest BCUT2D eigenvalue weighted by Gasteiger charge is 2.76. The summed E-state index contributed by atoms with van der Waals surface area (Å²) in [6.45, 7) is 6.19.